The predicted molar refractivity (Wildman–Crippen MR) is 190 cm³/mol. The first-order chi connectivity index (χ1) is 20.6. The average Bonchev–Trinajstić information content (AvgIpc) is 3.57. The number of halogens is 2. The van der Waals surface area contributed by atoms with Gasteiger partial charge in [-0.3, -0.25) is 0 Å². The van der Waals surface area contributed by atoms with Crippen molar-refractivity contribution in [1.82, 2.24) is 0 Å². The second-order valence-electron chi connectivity index (χ2n) is 12.9. The van der Waals surface area contributed by atoms with Crippen molar-refractivity contribution in [3.8, 4) is 22.3 Å². The zero-order chi connectivity index (χ0) is 30.5. The summed E-state index contributed by atoms with van der Waals surface area (Å²) >= 11 is -4.79. The first kappa shape index (κ1) is 31.0. The van der Waals surface area contributed by atoms with Crippen LogP contribution >= 0.6 is 17.0 Å². The summed E-state index contributed by atoms with van der Waals surface area (Å²) in [5, 5.41) is 0. The van der Waals surface area contributed by atoms with E-state index in [4.69, 9.17) is 17.0 Å². The Morgan fingerprint density at radius 2 is 1.07 bits per heavy atom. The number of fused-ring (bicyclic) bond motifs is 2. The van der Waals surface area contributed by atoms with Crippen LogP contribution in [-0.2, 0) is 15.6 Å². The number of allylic oxidation sites excluding steroid dienone is 2. The Balaban J connectivity index is 1.59. The van der Waals surface area contributed by atoms with E-state index < -0.39 is 21.5 Å². The Kier molecular flexibility index (Phi) is 8.49. The Bertz CT molecular complexity index is 1740. The second-order valence-corrected chi connectivity index (χ2v) is 53.6. The third-order valence-electron chi connectivity index (χ3n) is 10.4. The van der Waals surface area contributed by atoms with Gasteiger partial charge in [-0.25, -0.2) is 0 Å². The minimum atomic E-state index is -4.79. The van der Waals surface area contributed by atoms with E-state index in [1.54, 1.807) is 0 Å². The van der Waals surface area contributed by atoms with Crippen molar-refractivity contribution in [1.29, 1.82) is 0 Å². The molecule has 0 aliphatic heterocycles. The van der Waals surface area contributed by atoms with Gasteiger partial charge in [0.2, 0.25) is 0 Å². The van der Waals surface area contributed by atoms with Gasteiger partial charge in [0.15, 0.2) is 0 Å². The molecule has 0 heterocycles. The first-order valence-corrected chi connectivity index (χ1v) is 31.6. The molecular weight excluding hydrogens is 659 g/mol. The quantitative estimate of drug-likeness (QED) is 0.160. The monoisotopic (exact) mass is 699 g/mol. The molecule has 0 amide bonds. The van der Waals surface area contributed by atoms with Gasteiger partial charge in [0.05, 0.1) is 0 Å². The van der Waals surface area contributed by atoms with Crippen molar-refractivity contribution in [3.05, 3.63) is 129 Å². The SMILES string of the molecule is CCC1=Cc2c(-c3ccc(C)cc3)cccc2[CH]1[Zr]([Cl])([Cl])([CH]1C(C)=Cc2c(-c3ccc(C)cc3)cccc21)[SiH](CC)CC. The van der Waals surface area contributed by atoms with E-state index in [9.17, 15) is 0 Å². The van der Waals surface area contributed by atoms with Crippen LogP contribution in [0.4, 0.5) is 0 Å². The third-order valence-corrected chi connectivity index (χ3v) is 60.5. The van der Waals surface area contributed by atoms with Gasteiger partial charge in [-0.15, -0.1) is 0 Å². The Labute approximate surface area is 267 Å². The van der Waals surface area contributed by atoms with Crippen LogP contribution in [0.2, 0.25) is 12.1 Å². The molecular formula is C39H43Cl2SiZr. The molecule has 4 aromatic rings. The third kappa shape index (κ3) is 4.96. The number of hydrogen-bond acceptors (Lipinski definition) is 0. The van der Waals surface area contributed by atoms with Gasteiger partial charge in [-0.1, -0.05) is 0 Å². The molecule has 0 spiro atoms. The molecule has 4 aromatic carbocycles. The van der Waals surface area contributed by atoms with Crippen molar-refractivity contribution < 1.29 is 15.6 Å². The fourth-order valence-electron chi connectivity index (χ4n) is 8.38. The zero-order valence-electron chi connectivity index (χ0n) is 26.3. The molecule has 43 heavy (non-hydrogen) atoms. The summed E-state index contributed by atoms with van der Waals surface area (Å²) in [7, 11) is 17.4. The molecule has 2 aliphatic rings. The average molecular weight is 702 g/mol. The Morgan fingerprint density at radius 3 is 1.53 bits per heavy atom. The summed E-state index contributed by atoms with van der Waals surface area (Å²) in [6.07, 6.45) is 5.87. The molecule has 0 nitrogen and oxygen atoms in total. The normalized spacial score (nSPS) is 18.6. The van der Waals surface area contributed by atoms with E-state index in [2.05, 4.69) is 139 Å². The predicted octanol–water partition coefficient (Wildman–Crippen LogP) is 12.4. The molecule has 2 unspecified atom stereocenters. The van der Waals surface area contributed by atoms with Crippen molar-refractivity contribution in [2.75, 3.05) is 0 Å². The molecule has 221 valence electrons. The Morgan fingerprint density at radius 1 is 0.605 bits per heavy atom. The van der Waals surface area contributed by atoms with Crippen molar-refractivity contribution in [2.24, 2.45) is 0 Å². The summed E-state index contributed by atoms with van der Waals surface area (Å²) in [5.41, 5.74) is 15.9. The summed E-state index contributed by atoms with van der Waals surface area (Å²) in [5.74, 6) is -1.59. The minimum absolute atomic E-state index is 0.121. The summed E-state index contributed by atoms with van der Waals surface area (Å²) in [6.45, 7) is 13.6. The van der Waals surface area contributed by atoms with E-state index in [1.165, 1.54) is 66.8 Å². The molecule has 2 atom stereocenters. The number of hydrogen-bond donors (Lipinski definition) is 0. The van der Waals surface area contributed by atoms with E-state index >= 15 is 0 Å². The molecule has 0 saturated heterocycles. The van der Waals surface area contributed by atoms with Gasteiger partial charge < -0.3 is 0 Å². The van der Waals surface area contributed by atoms with E-state index in [0.717, 1.165) is 18.5 Å². The number of aryl methyl sites for hydroxylation is 2. The van der Waals surface area contributed by atoms with Gasteiger partial charge in [0.25, 0.3) is 0 Å². The van der Waals surface area contributed by atoms with Crippen LogP contribution in [0.1, 0.15) is 74.7 Å². The summed E-state index contributed by atoms with van der Waals surface area (Å²) in [6, 6.07) is 33.9. The zero-order valence-corrected chi connectivity index (χ0v) is 31.5. The van der Waals surface area contributed by atoms with Crippen molar-refractivity contribution in [2.45, 2.75) is 67.3 Å². The van der Waals surface area contributed by atoms with Crippen LogP contribution in [0.5, 0.6) is 0 Å². The van der Waals surface area contributed by atoms with Gasteiger partial charge in [0, 0.05) is 0 Å². The van der Waals surface area contributed by atoms with Gasteiger partial charge in [-0.2, -0.15) is 0 Å². The van der Waals surface area contributed by atoms with E-state index in [-0.39, 0.29) is 7.25 Å². The maximum absolute atomic E-state index is 8.69. The first-order valence-electron chi connectivity index (χ1n) is 16.0. The molecule has 4 heteroatoms. The van der Waals surface area contributed by atoms with Crippen LogP contribution in [0.3, 0.4) is 0 Å². The van der Waals surface area contributed by atoms with Gasteiger partial charge in [0.1, 0.15) is 0 Å². The van der Waals surface area contributed by atoms with Crippen LogP contribution in [0, 0.1) is 13.8 Å². The van der Waals surface area contributed by atoms with Crippen molar-refractivity contribution in [3.63, 3.8) is 0 Å². The molecule has 6 rings (SSSR count). The second kappa shape index (κ2) is 11.8. The molecule has 0 saturated carbocycles. The fraction of sp³-hybridized carbons (Fsp3) is 0.282. The summed E-state index contributed by atoms with van der Waals surface area (Å²) < 4.78 is 0.254. The molecule has 0 fully saturated rings. The molecule has 0 aromatic heterocycles. The summed E-state index contributed by atoms with van der Waals surface area (Å²) in [4.78, 5) is 0. The molecule has 0 N–H and O–H groups in total. The standard InChI is InChI=1S/C18H17.C17H15.C4H11Si.2ClH.Zr/c1-3-14-11-16-5-4-6-17(18(16)12-14)15-9-7-13(2)8-10-15;1-12-6-8-14(9-7-12)16-5-3-4-15-10-13(2)11-17(15)16;1-3-5-4-2;;;/h4-12H,3H2,1-2H3;3-11H,1-2H3;5H,3-4H2,1-2H3;2*1H;/q;;;;;+2/p-2. The van der Waals surface area contributed by atoms with E-state index in [0.29, 0.717) is 0 Å². The van der Waals surface area contributed by atoms with Crippen LogP contribution in [0.15, 0.2) is 96.1 Å². The van der Waals surface area contributed by atoms with Gasteiger partial charge >= 0.3 is 270 Å². The van der Waals surface area contributed by atoms with Crippen LogP contribution in [0.25, 0.3) is 34.4 Å². The van der Waals surface area contributed by atoms with Gasteiger partial charge in [-0.05, 0) is 0 Å². The maximum atomic E-state index is 8.69. The Hall–Kier alpha value is -1.96. The molecule has 0 radical (unpaired) electrons. The molecule has 2 aliphatic carbocycles. The number of benzene rings is 4. The van der Waals surface area contributed by atoms with E-state index in [1.807, 2.05) is 0 Å². The number of rotatable bonds is 8. The van der Waals surface area contributed by atoms with Crippen LogP contribution < -0.4 is 0 Å². The fourth-order valence-corrected chi connectivity index (χ4v) is 62.1. The van der Waals surface area contributed by atoms with Crippen LogP contribution in [-0.4, -0.2) is 5.92 Å². The topological polar surface area (TPSA) is 0 Å². The van der Waals surface area contributed by atoms with Crippen molar-refractivity contribution >= 4 is 35.1 Å². The molecule has 0 bridgehead atoms.